The number of hydrogen-bond donors (Lipinski definition) is 0. The summed E-state index contributed by atoms with van der Waals surface area (Å²) in [6.07, 6.45) is 3.33. The number of thioether (sulfide) groups is 1. The third kappa shape index (κ3) is 4.29. The van der Waals surface area contributed by atoms with Gasteiger partial charge in [0.1, 0.15) is 0 Å². The second kappa shape index (κ2) is 8.14. The van der Waals surface area contributed by atoms with E-state index in [0.717, 1.165) is 11.3 Å². The number of ether oxygens (including phenoxy) is 1. The normalized spacial score (nSPS) is 10.9. The molecule has 3 rings (SSSR count). The van der Waals surface area contributed by atoms with Gasteiger partial charge in [-0.25, -0.2) is 0 Å². The monoisotopic (exact) mass is 368 g/mol. The van der Waals surface area contributed by atoms with Crippen LogP contribution < -0.4 is 0 Å². The van der Waals surface area contributed by atoms with Gasteiger partial charge in [0.2, 0.25) is 0 Å². The van der Waals surface area contributed by atoms with Crippen LogP contribution in [0.25, 0.3) is 17.1 Å². The lowest BCUT2D eigenvalue weighted by molar-refractivity contribution is -0.144. The van der Waals surface area contributed by atoms with Gasteiger partial charge in [-0.2, -0.15) is 0 Å². The fourth-order valence-corrected chi connectivity index (χ4v) is 3.13. The van der Waals surface area contributed by atoms with Crippen LogP contribution in [0.2, 0.25) is 0 Å². The Morgan fingerprint density at radius 1 is 1.19 bits per heavy atom. The van der Waals surface area contributed by atoms with E-state index in [0.29, 0.717) is 11.0 Å². The molecule has 0 fully saturated rings. The predicted molar refractivity (Wildman–Crippen MR) is 101 cm³/mol. The molecule has 0 aliphatic heterocycles. The van der Waals surface area contributed by atoms with Crippen LogP contribution in [0.5, 0.6) is 0 Å². The van der Waals surface area contributed by atoms with Gasteiger partial charge in [-0.3, -0.25) is 14.3 Å². The van der Waals surface area contributed by atoms with Crippen molar-refractivity contribution < 1.29 is 9.53 Å². The highest BCUT2D eigenvalue weighted by molar-refractivity contribution is 7.99. The van der Waals surface area contributed by atoms with Crippen LogP contribution >= 0.6 is 11.8 Å². The van der Waals surface area contributed by atoms with Gasteiger partial charge in [-0.1, -0.05) is 29.5 Å². The van der Waals surface area contributed by atoms with Crippen molar-refractivity contribution in [3.63, 3.8) is 0 Å². The summed E-state index contributed by atoms with van der Waals surface area (Å²) in [4.78, 5) is 16.0. The zero-order valence-corrected chi connectivity index (χ0v) is 15.7. The van der Waals surface area contributed by atoms with E-state index in [-0.39, 0.29) is 17.8 Å². The van der Waals surface area contributed by atoms with Crippen molar-refractivity contribution in [3.05, 3.63) is 54.4 Å². The van der Waals surface area contributed by atoms with Gasteiger partial charge in [0.25, 0.3) is 0 Å². The number of esters is 1. The Morgan fingerprint density at radius 3 is 2.62 bits per heavy atom. The summed E-state index contributed by atoms with van der Waals surface area (Å²) in [6, 6.07) is 11.9. The van der Waals surface area contributed by atoms with E-state index in [2.05, 4.69) is 15.2 Å². The molecule has 0 saturated carbocycles. The average molecular weight is 368 g/mol. The quantitative estimate of drug-likeness (QED) is 0.488. The molecule has 0 radical (unpaired) electrons. The molecule has 0 amide bonds. The molecule has 0 bridgehead atoms. The lowest BCUT2D eigenvalue weighted by atomic mass is 10.2. The number of carbonyl (C=O) groups is 1. The predicted octanol–water partition coefficient (Wildman–Crippen LogP) is 3.68. The number of benzene rings is 1. The van der Waals surface area contributed by atoms with Gasteiger partial charge in [0, 0.05) is 23.6 Å². The van der Waals surface area contributed by atoms with E-state index >= 15 is 0 Å². The van der Waals surface area contributed by atoms with Crippen molar-refractivity contribution in [1.82, 2.24) is 19.7 Å². The van der Waals surface area contributed by atoms with Gasteiger partial charge in [-0.05, 0) is 45.0 Å². The van der Waals surface area contributed by atoms with Gasteiger partial charge in [0.15, 0.2) is 11.0 Å². The van der Waals surface area contributed by atoms with Crippen LogP contribution in [0, 0.1) is 6.92 Å². The maximum Gasteiger partial charge on any atom is 0.316 e. The summed E-state index contributed by atoms with van der Waals surface area (Å²) in [5, 5.41) is 9.24. The topological polar surface area (TPSA) is 69.9 Å². The molecule has 0 aliphatic carbocycles. The van der Waals surface area contributed by atoms with Gasteiger partial charge >= 0.3 is 5.97 Å². The van der Waals surface area contributed by atoms with E-state index in [1.165, 1.54) is 17.3 Å². The largest absolute Gasteiger partial charge is 0.462 e. The lowest BCUT2D eigenvalue weighted by Crippen LogP contribution is -2.13. The van der Waals surface area contributed by atoms with E-state index in [1.807, 2.05) is 61.7 Å². The molecule has 2 aromatic heterocycles. The first-order valence-corrected chi connectivity index (χ1v) is 9.28. The number of aryl methyl sites for hydroxylation is 1. The zero-order chi connectivity index (χ0) is 18.5. The molecular formula is C19H20N4O2S. The second-order valence-corrected chi connectivity index (χ2v) is 6.99. The Kier molecular flexibility index (Phi) is 5.68. The molecule has 1 aromatic carbocycles. The molecule has 3 aromatic rings. The summed E-state index contributed by atoms with van der Waals surface area (Å²) < 4.78 is 7.13. The Bertz CT molecular complexity index is 876. The average Bonchev–Trinajstić information content (AvgIpc) is 3.05. The molecule has 0 spiro atoms. The molecule has 0 N–H and O–H groups in total. The van der Waals surface area contributed by atoms with E-state index in [1.54, 1.807) is 12.4 Å². The minimum absolute atomic E-state index is 0.135. The second-order valence-electron chi connectivity index (χ2n) is 6.05. The third-order valence-electron chi connectivity index (χ3n) is 3.53. The number of carbonyl (C=O) groups excluding carboxylic acids is 1. The summed E-state index contributed by atoms with van der Waals surface area (Å²) in [7, 11) is 0. The van der Waals surface area contributed by atoms with Crippen LogP contribution in [-0.4, -0.2) is 37.6 Å². The summed E-state index contributed by atoms with van der Waals surface area (Å²) in [5.74, 6) is 0.586. The number of rotatable bonds is 6. The minimum Gasteiger partial charge on any atom is -0.462 e. The SMILES string of the molecule is Cc1ccc(-n2c(SCC(=O)OC(C)C)nnc2-c2cccnc2)cc1. The van der Waals surface area contributed by atoms with Crippen molar-refractivity contribution in [1.29, 1.82) is 0 Å². The highest BCUT2D eigenvalue weighted by atomic mass is 32.2. The Morgan fingerprint density at radius 2 is 1.96 bits per heavy atom. The fraction of sp³-hybridized carbons (Fsp3) is 0.263. The van der Waals surface area contributed by atoms with Crippen LogP contribution in [-0.2, 0) is 9.53 Å². The molecular weight excluding hydrogens is 348 g/mol. The van der Waals surface area contributed by atoms with Crippen molar-refractivity contribution in [3.8, 4) is 17.1 Å². The third-order valence-corrected chi connectivity index (χ3v) is 4.43. The molecule has 0 unspecified atom stereocenters. The number of hydrogen-bond acceptors (Lipinski definition) is 6. The summed E-state index contributed by atoms with van der Waals surface area (Å²) in [5.41, 5.74) is 2.95. The van der Waals surface area contributed by atoms with Crippen molar-refractivity contribution in [2.45, 2.75) is 32.0 Å². The molecule has 0 aliphatic rings. The standard InChI is InChI=1S/C19H20N4O2S/c1-13(2)25-17(24)12-26-19-22-21-18(15-5-4-10-20-11-15)23(19)16-8-6-14(3)7-9-16/h4-11,13H,12H2,1-3H3. The van der Waals surface area contributed by atoms with Crippen LogP contribution in [0.15, 0.2) is 53.9 Å². The van der Waals surface area contributed by atoms with Crippen molar-refractivity contribution >= 4 is 17.7 Å². The molecule has 0 saturated heterocycles. The lowest BCUT2D eigenvalue weighted by Gasteiger charge is -2.11. The molecule has 134 valence electrons. The maximum absolute atomic E-state index is 11.9. The molecule has 26 heavy (non-hydrogen) atoms. The molecule has 6 nitrogen and oxygen atoms in total. The Balaban J connectivity index is 1.95. The minimum atomic E-state index is -0.272. The first-order chi connectivity index (χ1) is 12.5. The Hall–Kier alpha value is -2.67. The van der Waals surface area contributed by atoms with Gasteiger partial charge in [0.05, 0.1) is 11.9 Å². The molecule has 7 heteroatoms. The maximum atomic E-state index is 11.9. The van der Waals surface area contributed by atoms with E-state index in [9.17, 15) is 4.79 Å². The van der Waals surface area contributed by atoms with Crippen LogP contribution in [0.1, 0.15) is 19.4 Å². The van der Waals surface area contributed by atoms with E-state index < -0.39 is 0 Å². The molecule has 2 heterocycles. The van der Waals surface area contributed by atoms with Crippen molar-refractivity contribution in [2.75, 3.05) is 5.75 Å². The first kappa shape index (κ1) is 18.1. The molecule has 0 atom stereocenters. The van der Waals surface area contributed by atoms with Crippen LogP contribution in [0.3, 0.4) is 0 Å². The highest BCUT2D eigenvalue weighted by Gasteiger charge is 2.18. The number of pyridine rings is 1. The fourth-order valence-electron chi connectivity index (χ4n) is 2.39. The van der Waals surface area contributed by atoms with E-state index in [4.69, 9.17) is 4.74 Å². The van der Waals surface area contributed by atoms with Gasteiger partial charge in [-0.15, -0.1) is 10.2 Å². The summed E-state index contributed by atoms with van der Waals surface area (Å²) >= 11 is 1.31. The number of aromatic nitrogens is 4. The smallest absolute Gasteiger partial charge is 0.316 e. The van der Waals surface area contributed by atoms with Crippen LogP contribution in [0.4, 0.5) is 0 Å². The first-order valence-electron chi connectivity index (χ1n) is 8.29. The Labute approximate surface area is 156 Å². The van der Waals surface area contributed by atoms with Gasteiger partial charge < -0.3 is 4.74 Å². The zero-order valence-electron chi connectivity index (χ0n) is 14.9. The van der Waals surface area contributed by atoms with Crippen molar-refractivity contribution in [2.24, 2.45) is 0 Å². The number of nitrogens with zero attached hydrogens (tertiary/aromatic N) is 4. The summed E-state index contributed by atoms with van der Waals surface area (Å²) in [6.45, 7) is 5.70. The highest BCUT2D eigenvalue weighted by Crippen LogP contribution is 2.27.